The zero-order valence-corrected chi connectivity index (χ0v) is 11.9. The number of hydrogen-bond donors (Lipinski definition) is 1. The molecule has 0 amide bonds. The summed E-state index contributed by atoms with van der Waals surface area (Å²) in [5.41, 5.74) is 1.75. The number of halogens is 1. The van der Waals surface area contributed by atoms with Gasteiger partial charge in [-0.2, -0.15) is 0 Å². The summed E-state index contributed by atoms with van der Waals surface area (Å²) >= 11 is 1.19. The molecule has 0 aliphatic heterocycles. The van der Waals surface area contributed by atoms with Gasteiger partial charge in [0.25, 0.3) is 0 Å². The molecule has 6 heteroatoms. The molecule has 1 aromatic heterocycles. The molecule has 1 aromatic carbocycles. The van der Waals surface area contributed by atoms with Crippen molar-refractivity contribution in [2.45, 2.75) is 25.0 Å². The second-order valence-electron chi connectivity index (χ2n) is 4.42. The van der Waals surface area contributed by atoms with Gasteiger partial charge < -0.3 is 9.67 Å². The predicted octanol–water partition coefficient (Wildman–Crippen LogP) is 2.75. The molecule has 0 fully saturated rings. The maximum Gasteiger partial charge on any atom is 0.313 e. The van der Waals surface area contributed by atoms with Crippen LogP contribution in [-0.2, 0) is 17.8 Å². The summed E-state index contributed by atoms with van der Waals surface area (Å²) in [5, 5.41) is 9.39. The zero-order valence-electron chi connectivity index (χ0n) is 11.0. The molecule has 0 saturated heterocycles. The largest absolute Gasteiger partial charge is 0.481 e. The summed E-state index contributed by atoms with van der Waals surface area (Å²) in [4.78, 5) is 14.9. The van der Waals surface area contributed by atoms with Crippen LogP contribution in [0.1, 0.15) is 11.3 Å². The average molecular weight is 294 g/mol. The van der Waals surface area contributed by atoms with Crippen LogP contribution in [0.5, 0.6) is 0 Å². The van der Waals surface area contributed by atoms with E-state index in [1.54, 1.807) is 6.07 Å². The van der Waals surface area contributed by atoms with Crippen molar-refractivity contribution >= 4 is 17.7 Å². The van der Waals surface area contributed by atoms with Gasteiger partial charge in [-0.3, -0.25) is 4.79 Å². The Labute approximate surface area is 120 Å². The van der Waals surface area contributed by atoms with E-state index in [1.807, 2.05) is 23.8 Å². The fraction of sp³-hybridized carbons (Fsp3) is 0.286. The van der Waals surface area contributed by atoms with Crippen molar-refractivity contribution in [2.24, 2.45) is 0 Å². The number of thioether (sulfide) groups is 1. The minimum Gasteiger partial charge on any atom is -0.481 e. The Morgan fingerprint density at radius 1 is 1.50 bits per heavy atom. The molecule has 4 nitrogen and oxygen atoms in total. The van der Waals surface area contributed by atoms with Crippen LogP contribution in [-0.4, -0.2) is 26.4 Å². The Kier molecular flexibility index (Phi) is 4.79. The molecule has 0 unspecified atom stereocenters. The Bertz CT molecular complexity index is 613. The van der Waals surface area contributed by atoms with Crippen molar-refractivity contribution in [2.75, 3.05) is 5.75 Å². The highest BCUT2D eigenvalue weighted by Crippen LogP contribution is 2.18. The first-order chi connectivity index (χ1) is 9.54. The van der Waals surface area contributed by atoms with Crippen LogP contribution < -0.4 is 0 Å². The summed E-state index contributed by atoms with van der Waals surface area (Å²) in [6.45, 7) is 2.51. The van der Waals surface area contributed by atoms with Gasteiger partial charge in [-0.05, 0) is 31.0 Å². The molecular formula is C14H15FN2O2S. The predicted molar refractivity (Wildman–Crippen MR) is 75.4 cm³/mol. The Morgan fingerprint density at radius 2 is 2.30 bits per heavy atom. The van der Waals surface area contributed by atoms with Crippen molar-refractivity contribution in [3.8, 4) is 0 Å². The average Bonchev–Trinajstić information content (AvgIpc) is 2.74. The molecule has 0 spiro atoms. The monoisotopic (exact) mass is 294 g/mol. The number of aromatic nitrogens is 2. The van der Waals surface area contributed by atoms with Gasteiger partial charge in [0.15, 0.2) is 5.16 Å². The van der Waals surface area contributed by atoms with Crippen molar-refractivity contribution in [1.82, 2.24) is 9.55 Å². The molecule has 0 atom stereocenters. The summed E-state index contributed by atoms with van der Waals surface area (Å²) in [6.07, 6.45) is 2.55. The first-order valence-electron chi connectivity index (χ1n) is 6.17. The molecule has 0 saturated carbocycles. The lowest BCUT2D eigenvalue weighted by atomic mass is 10.1. The molecule has 20 heavy (non-hydrogen) atoms. The molecule has 0 radical (unpaired) electrons. The van der Waals surface area contributed by atoms with E-state index in [-0.39, 0.29) is 11.6 Å². The van der Waals surface area contributed by atoms with Gasteiger partial charge in [0.2, 0.25) is 0 Å². The standard InChI is InChI=1S/C14H15FN2O2S/c1-10-8-17(14(16-10)20-9-13(18)19)6-5-11-3-2-4-12(15)7-11/h2-4,7-8H,5-6,9H2,1H3,(H,18,19). The Hall–Kier alpha value is -1.82. The number of hydrogen-bond acceptors (Lipinski definition) is 3. The molecule has 1 heterocycles. The number of benzene rings is 1. The number of carboxylic acid groups (broad SMARTS) is 1. The normalized spacial score (nSPS) is 10.7. The lowest BCUT2D eigenvalue weighted by Gasteiger charge is -2.06. The highest BCUT2D eigenvalue weighted by atomic mass is 32.2. The molecule has 0 aliphatic rings. The number of carbonyl (C=O) groups is 1. The van der Waals surface area contributed by atoms with Crippen molar-refractivity contribution < 1.29 is 14.3 Å². The van der Waals surface area contributed by atoms with Crippen molar-refractivity contribution in [3.63, 3.8) is 0 Å². The van der Waals surface area contributed by atoms with Crippen LogP contribution in [0.25, 0.3) is 0 Å². The molecule has 2 aromatic rings. The van der Waals surface area contributed by atoms with Gasteiger partial charge in [-0.1, -0.05) is 23.9 Å². The third-order valence-electron chi connectivity index (χ3n) is 2.72. The van der Waals surface area contributed by atoms with E-state index in [0.717, 1.165) is 11.3 Å². The van der Waals surface area contributed by atoms with Crippen LogP contribution in [0.3, 0.4) is 0 Å². The maximum absolute atomic E-state index is 13.1. The van der Waals surface area contributed by atoms with E-state index < -0.39 is 5.97 Å². The number of carboxylic acids is 1. The van der Waals surface area contributed by atoms with Crippen LogP contribution in [0.4, 0.5) is 4.39 Å². The maximum atomic E-state index is 13.1. The lowest BCUT2D eigenvalue weighted by Crippen LogP contribution is -2.04. The minimum atomic E-state index is -0.868. The number of nitrogens with zero attached hydrogens (tertiary/aromatic N) is 2. The Morgan fingerprint density at radius 3 is 3.00 bits per heavy atom. The van der Waals surface area contributed by atoms with E-state index in [1.165, 1.54) is 23.9 Å². The van der Waals surface area contributed by atoms with E-state index in [2.05, 4.69) is 4.98 Å². The van der Waals surface area contributed by atoms with Gasteiger partial charge in [0.05, 0.1) is 11.4 Å². The molecule has 0 aliphatic carbocycles. The first kappa shape index (κ1) is 14.6. The second-order valence-corrected chi connectivity index (χ2v) is 5.36. The molecular weight excluding hydrogens is 279 g/mol. The fourth-order valence-corrected chi connectivity index (χ4v) is 2.64. The third kappa shape index (κ3) is 4.09. The topological polar surface area (TPSA) is 55.1 Å². The minimum absolute atomic E-state index is 0.0174. The van der Waals surface area contributed by atoms with Crippen LogP contribution in [0.15, 0.2) is 35.6 Å². The van der Waals surface area contributed by atoms with Crippen LogP contribution in [0.2, 0.25) is 0 Å². The van der Waals surface area contributed by atoms with E-state index >= 15 is 0 Å². The second kappa shape index (κ2) is 6.56. The molecule has 0 bridgehead atoms. The number of aryl methyl sites for hydroxylation is 3. The Balaban J connectivity index is 2.03. The molecule has 2 rings (SSSR count). The van der Waals surface area contributed by atoms with Gasteiger partial charge in [0, 0.05) is 12.7 Å². The number of rotatable bonds is 6. The van der Waals surface area contributed by atoms with Crippen LogP contribution >= 0.6 is 11.8 Å². The highest BCUT2D eigenvalue weighted by molar-refractivity contribution is 7.99. The van der Waals surface area contributed by atoms with Gasteiger partial charge >= 0.3 is 5.97 Å². The van der Waals surface area contributed by atoms with E-state index in [9.17, 15) is 9.18 Å². The molecule has 1 N–H and O–H groups in total. The van der Waals surface area contributed by atoms with Gasteiger partial charge in [-0.15, -0.1) is 0 Å². The van der Waals surface area contributed by atoms with Crippen molar-refractivity contribution in [3.05, 3.63) is 47.5 Å². The van der Waals surface area contributed by atoms with Gasteiger partial charge in [-0.25, -0.2) is 9.37 Å². The third-order valence-corrected chi connectivity index (χ3v) is 3.69. The lowest BCUT2D eigenvalue weighted by molar-refractivity contribution is -0.133. The fourth-order valence-electron chi connectivity index (χ4n) is 1.87. The first-order valence-corrected chi connectivity index (χ1v) is 7.16. The summed E-state index contributed by atoms with van der Waals surface area (Å²) in [5.74, 6) is -1.13. The SMILES string of the molecule is Cc1cn(CCc2cccc(F)c2)c(SCC(=O)O)n1. The smallest absolute Gasteiger partial charge is 0.313 e. The summed E-state index contributed by atoms with van der Waals surface area (Å²) in [7, 11) is 0. The molecule has 106 valence electrons. The number of imidazole rings is 1. The van der Waals surface area contributed by atoms with Gasteiger partial charge in [0.1, 0.15) is 5.82 Å². The summed E-state index contributed by atoms with van der Waals surface area (Å²) < 4.78 is 15.0. The van der Waals surface area contributed by atoms with E-state index in [0.29, 0.717) is 18.1 Å². The quantitative estimate of drug-likeness (QED) is 0.832. The number of aliphatic carboxylic acids is 1. The zero-order chi connectivity index (χ0) is 14.5. The highest BCUT2D eigenvalue weighted by Gasteiger charge is 2.09. The van der Waals surface area contributed by atoms with Crippen molar-refractivity contribution in [1.29, 1.82) is 0 Å². The summed E-state index contributed by atoms with van der Waals surface area (Å²) in [6, 6.07) is 6.48. The van der Waals surface area contributed by atoms with E-state index in [4.69, 9.17) is 5.11 Å². The van der Waals surface area contributed by atoms with Crippen LogP contribution in [0, 0.1) is 12.7 Å².